The van der Waals surface area contributed by atoms with Crippen LogP contribution in [0.15, 0.2) is 30.3 Å². The van der Waals surface area contributed by atoms with Crippen LogP contribution in [0, 0.1) is 6.92 Å². The van der Waals surface area contributed by atoms with E-state index < -0.39 is 5.97 Å². The lowest BCUT2D eigenvalue weighted by Crippen LogP contribution is -2.04. The third-order valence-electron chi connectivity index (χ3n) is 2.90. The highest BCUT2D eigenvalue weighted by molar-refractivity contribution is 5.92. The molecule has 0 radical (unpaired) electrons. The molecule has 0 fully saturated rings. The number of benzene rings is 1. The predicted octanol–water partition coefficient (Wildman–Crippen LogP) is 2.89. The fraction of sp³-hybridized carbons (Fsp3) is 0.375. The van der Waals surface area contributed by atoms with Crippen molar-refractivity contribution in [1.82, 2.24) is 0 Å². The van der Waals surface area contributed by atoms with Gasteiger partial charge in [-0.05, 0) is 37.0 Å². The summed E-state index contributed by atoms with van der Waals surface area (Å²) in [4.78, 5) is 22.9. The number of aryl methyl sites for hydroxylation is 1. The second-order valence-electron chi connectivity index (χ2n) is 4.31. The Morgan fingerprint density at radius 2 is 1.90 bits per heavy atom. The van der Waals surface area contributed by atoms with Gasteiger partial charge < -0.3 is 9.47 Å². The number of carbonyl (C=O) groups excluding carboxylic acids is 2. The van der Waals surface area contributed by atoms with Gasteiger partial charge in [-0.1, -0.05) is 24.3 Å². The standard InChI is InChI=1S/C16H20O4/c1-4-20-16(18)11-13(9-10-15(17)19-3)14-8-6-5-7-12(14)2/h5-8,11H,4,9-10H2,1-3H3/b13-11+. The van der Waals surface area contributed by atoms with E-state index in [-0.39, 0.29) is 12.4 Å². The highest BCUT2D eigenvalue weighted by atomic mass is 16.5. The van der Waals surface area contributed by atoms with Gasteiger partial charge in [0.05, 0.1) is 13.7 Å². The number of ether oxygens (including phenoxy) is 2. The zero-order valence-corrected chi connectivity index (χ0v) is 12.1. The Hall–Kier alpha value is -2.10. The normalized spacial score (nSPS) is 11.1. The van der Waals surface area contributed by atoms with Gasteiger partial charge in [-0.15, -0.1) is 0 Å². The lowest BCUT2D eigenvalue weighted by Gasteiger charge is -2.10. The van der Waals surface area contributed by atoms with Crippen LogP contribution in [0.25, 0.3) is 5.57 Å². The van der Waals surface area contributed by atoms with E-state index in [1.807, 2.05) is 31.2 Å². The molecule has 1 aromatic rings. The quantitative estimate of drug-likeness (QED) is 0.592. The highest BCUT2D eigenvalue weighted by Crippen LogP contribution is 2.23. The lowest BCUT2D eigenvalue weighted by molar-refractivity contribution is -0.140. The highest BCUT2D eigenvalue weighted by Gasteiger charge is 2.10. The summed E-state index contributed by atoms with van der Waals surface area (Å²) in [6.45, 7) is 4.05. The summed E-state index contributed by atoms with van der Waals surface area (Å²) in [5.41, 5.74) is 2.78. The molecule has 1 aromatic carbocycles. The zero-order chi connectivity index (χ0) is 15.0. The van der Waals surface area contributed by atoms with Crippen LogP contribution in [0.4, 0.5) is 0 Å². The minimum Gasteiger partial charge on any atom is -0.469 e. The third kappa shape index (κ3) is 4.88. The van der Waals surface area contributed by atoms with Crippen molar-refractivity contribution in [1.29, 1.82) is 0 Å². The fourth-order valence-electron chi connectivity index (χ4n) is 1.88. The molecule has 0 aliphatic carbocycles. The monoisotopic (exact) mass is 276 g/mol. The third-order valence-corrected chi connectivity index (χ3v) is 2.90. The Bertz CT molecular complexity index is 503. The minimum atomic E-state index is -0.393. The molecule has 0 aromatic heterocycles. The molecule has 0 unspecified atom stereocenters. The Morgan fingerprint density at radius 1 is 1.20 bits per heavy atom. The van der Waals surface area contributed by atoms with Crippen molar-refractivity contribution in [3.05, 3.63) is 41.5 Å². The summed E-state index contributed by atoms with van der Waals surface area (Å²) in [6.07, 6.45) is 2.13. The van der Waals surface area contributed by atoms with Crippen molar-refractivity contribution < 1.29 is 19.1 Å². The van der Waals surface area contributed by atoms with E-state index >= 15 is 0 Å². The van der Waals surface area contributed by atoms with Crippen molar-refractivity contribution in [2.45, 2.75) is 26.7 Å². The Morgan fingerprint density at radius 3 is 2.50 bits per heavy atom. The van der Waals surface area contributed by atoms with E-state index in [1.54, 1.807) is 6.92 Å². The maximum absolute atomic E-state index is 11.6. The largest absolute Gasteiger partial charge is 0.469 e. The minimum absolute atomic E-state index is 0.232. The molecule has 0 aliphatic heterocycles. The number of rotatable bonds is 6. The number of hydrogen-bond acceptors (Lipinski definition) is 4. The molecule has 20 heavy (non-hydrogen) atoms. The summed E-state index contributed by atoms with van der Waals surface area (Å²) in [5.74, 6) is -0.691. The van der Waals surface area contributed by atoms with E-state index in [2.05, 4.69) is 4.74 Å². The van der Waals surface area contributed by atoms with Gasteiger partial charge in [-0.2, -0.15) is 0 Å². The molecule has 0 saturated heterocycles. The van der Waals surface area contributed by atoms with Gasteiger partial charge in [0.15, 0.2) is 0 Å². The van der Waals surface area contributed by atoms with Gasteiger partial charge in [0.1, 0.15) is 0 Å². The van der Waals surface area contributed by atoms with Gasteiger partial charge in [0, 0.05) is 12.5 Å². The molecule has 1 rings (SSSR count). The second kappa shape index (κ2) is 8.15. The Balaban J connectivity index is 2.98. The van der Waals surface area contributed by atoms with Crippen LogP contribution in [0.5, 0.6) is 0 Å². The molecule has 0 atom stereocenters. The molecular formula is C16H20O4. The maximum atomic E-state index is 11.6. The first-order valence-corrected chi connectivity index (χ1v) is 6.58. The summed E-state index contributed by atoms with van der Waals surface area (Å²) in [7, 11) is 1.35. The number of allylic oxidation sites excluding steroid dienone is 1. The molecule has 0 bridgehead atoms. The molecule has 4 heteroatoms. The zero-order valence-electron chi connectivity index (χ0n) is 12.1. The van der Waals surface area contributed by atoms with Crippen molar-refractivity contribution in [3.8, 4) is 0 Å². The molecule has 0 spiro atoms. The van der Waals surface area contributed by atoms with Gasteiger partial charge in [-0.25, -0.2) is 4.79 Å². The predicted molar refractivity (Wildman–Crippen MR) is 77.0 cm³/mol. The SMILES string of the molecule is CCOC(=O)/C=C(\CCC(=O)OC)c1ccccc1C. The second-order valence-corrected chi connectivity index (χ2v) is 4.31. The van der Waals surface area contributed by atoms with E-state index in [0.29, 0.717) is 13.0 Å². The molecule has 0 aliphatic rings. The Kier molecular flexibility index (Phi) is 6.50. The number of carbonyl (C=O) groups is 2. The van der Waals surface area contributed by atoms with Crippen LogP contribution in [-0.4, -0.2) is 25.7 Å². The molecule has 4 nitrogen and oxygen atoms in total. The van der Waals surface area contributed by atoms with E-state index in [1.165, 1.54) is 13.2 Å². The number of methoxy groups -OCH3 is 1. The first-order chi connectivity index (χ1) is 9.58. The molecule has 0 amide bonds. The first kappa shape index (κ1) is 16.0. The summed E-state index contributed by atoms with van der Waals surface area (Å²) in [5, 5.41) is 0. The smallest absolute Gasteiger partial charge is 0.331 e. The summed E-state index contributed by atoms with van der Waals surface area (Å²) < 4.78 is 9.57. The van der Waals surface area contributed by atoms with Gasteiger partial charge in [0.2, 0.25) is 0 Å². The van der Waals surface area contributed by atoms with Crippen LogP contribution < -0.4 is 0 Å². The molecule has 0 saturated carbocycles. The van der Waals surface area contributed by atoms with Crippen molar-refractivity contribution in [2.75, 3.05) is 13.7 Å². The van der Waals surface area contributed by atoms with Crippen molar-refractivity contribution in [3.63, 3.8) is 0 Å². The average Bonchev–Trinajstić information content (AvgIpc) is 2.44. The maximum Gasteiger partial charge on any atom is 0.331 e. The fourth-order valence-corrected chi connectivity index (χ4v) is 1.88. The van der Waals surface area contributed by atoms with E-state index in [4.69, 9.17) is 4.74 Å². The molecular weight excluding hydrogens is 256 g/mol. The average molecular weight is 276 g/mol. The van der Waals surface area contributed by atoms with Crippen LogP contribution in [0.3, 0.4) is 0 Å². The number of esters is 2. The van der Waals surface area contributed by atoms with Gasteiger partial charge in [-0.3, -0.25) is 4.79 Å². The summed E-state index contributed by atoms with van der Waals surface area (Å²) in [6, 6.07) is 7.73. The van der Waals surface area contributed by atoms with Gasteiger partial charge in [0.25, 0.3) is 0 Å². The van der Waals surface area contributed by atoms with Crippen LogP contribution >= 0.6 is 0 Å². The van der Waals surface area contributed by atoms with Crippen molar-refractivity contribution in [2.24, 2.45) is 0 Å². The first-order valence-electron chi connectivity index (χ1n) is 6.58. The van der Waals surface area contributed by atoms with E-state index in [9.17, 15) is 9.59 Å². The topological polar surface area (TPSA) is 52.6 Å². The van der Waals surface area contributed by atoms with Crippen molar-refractivity contribution >= 4 is 17.5 Å². The van der Waals surface area contributed by atoms with Crippen LogP contribution in [0.2, 0.25) is 0 Å². The molecule has 108 valence electrons. The number of hydrogen-bond donors (Lipinski definition) is 0. The lowest BCUT2D eigenvalue weighted by atomic mass is 9.96. The van der Waals surface area contributed by atoms with Crippen LogP contribution in [0.1, 0.15) is 30.9 Å². The van der Waals surface area contributed by atoms with Gasteiger partial charge >= 0.3 is 11.9 Å². The summed E-state index contributed by atoms with van der Waals surface area (Å²) >= 11 is 0. The van der Waals surface area contributed by atoms with E-state index in [0.717, 1.165) is 16.7 Å². The molecule has 0 heterocycles. The van der Waals surface area contributed by atoms with Crippen LogP contribution in [-0.2, 0) is 19.1 Å². The Labute approximate surface area is 119 Å². The molecule has 0 N–H and O–H groups in total.